The van der Waals surface area contributed by atoms with Gasteiger partial charge in [0.05, 0.1) is 20.3 Å². The van der Waals surface area contributed by atoms with Crippen LogP contribution in [0.25, 0.3) is 5.78 Å². The van der Waals surface area contributed by atoms with Crippen molar-refractivity contribution in [1.29, 1.82) is 0 Å². The van der Waals surface area contributed by atoms with Crippen LogP contribution in [0, 0.1) is 13.8 Å². The van der Waals surface area contributed by atoms with Gasteiger partial charge in [-0.2, -0.15) is 4.98 Å². The van der Waals surface area contributed by atoms with E-state index in [0.717, 1.165) is 27.4 Å². The number of carbonyl (C=O) groups excluding carboxylic acids is 1. The van der Waals surface area contributed by atoms with E-state index in [-0.39, 0.29) is 17.8 Å². The van der Waals surface area contributed by atoms with Crippen LogP contribution in [0.1, 0.15) is 44.1 Å². The lowest BCUT2D eigenvalue weighted by atomic mass is 9.90. The van der Waals surface area contributed by atoms with Crippen molar-refractivity contribution in [3.05, 3.63) is 68.9 Å². The molecule has 5 rings (SSSR count). The van der Waals surface area contributed by atoms with Gasteiger partial charge in [0.2, 0.25) is 5.82 Å². The van der Waals surface area contributed by atoms with E-state index in [4.69, 9.17) is 9.47 Å². The Bertz CT molecular complexity index is 1320. The molecule has 1 aliphatic rings. The fourth-order valence-corrected chi connectivity index (χ4v) is 5.16. The minimum Gasteiger partial charge on any atom is -0.493 e. The molecule has 0 spiro atoms. The van der Waals surface area contributed by atoms with Crippen LogP contribution in [0.5, 0.6) is 11.5 Å². The van der Waals surface area contributed by atoms with E-state index in [9.17, 15) is 4.79 Å². The molecule has 164 valence electrons. The van der Waals surface area contributed by atoms with Gasteiger partial charge >= 0.3 is 0 Å². The average molecular weight is 450 g/mol. The summed E-state index contributed by atoms with van der Waals surface area (Å²) in [5, 5.41) is 6.49. The summed E-state index contributed by atoms with van der Waals surface area (Å²) in [6.07, 6.45) is 0.701. The predicted octanol–water partition coefficient (Wildman–Crippen LogP) is 3.61. The predicted molar refractivity (Wildman–Crippen MR) is 121 cm³/mol. The molecule has 0 radical (unpaired) electrons. The van der Waals surface area contributed by atoms with Crippen molar-refractivity contribution in [3.8, 4) is 11.5 Å². The number of carbonyl (C=O) groups is 1. The molecular formula is C23H23N5O3S. The average Bonchev–Trinajstić information content (AvgIpc) is 3.47. The molecule has 1 atom stereocenters. The first-order valence-electron chi connectivity index (χ1n) is 10.3. The van der Waals surface area contributed by atoms with Gasteiger partial charge in [-0.1, -0.05) is 6.07 Å². The SMILES string of the molecule is COc1cc2c(cc1OC)C(c1cccs1)N(C(=O)c1nc3nc(C)cc(C)n3n1)CC2. The van der Waals surface area contributed by atoms with Crippen LogP contribution in [-0.4, -0.2) is 51.2 Å². The number of thiophene rings is 1. The topological polar surface area (TPSA) is 81.9 Å². The monoisotopic (exact) mass is 449 g/mol. The van der Waals surface area contributed by atoms with Crippen LogP contribution < -0.4 is 9.47 Å². The Labute approximate surface area is 189 Å². The van der Waals surface area contributed by atoms with E-state index in [1.54, 1.807) is 30.1 Å². The van der Waals surface area contributed by atoms with Crippen molar-refractivity contribution in [2.24, 2.45) is 0 Å². The third-order valence-electron chi connectivity index (χ3n) is 5.76. The number of hydrogen-bond acceptors (Lipinski definition) is 7. The number of amides is 1. The maximum Gasteiger partial charge on any atom is 0.294 e. The van der Waals surface area contributed by atoms with Crippen LogP contribution in [-0.2, 0) is 6.42 Å². The molecule has 3 aromatic heterocycles. The molecule has 0 saturated carbocycles. The van der Waals surface area contributed by atoms with Crippen LogP contribution in [0.4, 0.5) is 0 Å². The van der Waals surface area contributed by atoms with E-state index in [1.807, 2.05) is 54.5 Å². The number of benzene rings is 1. The third kappa shape index (κ3) is 3.29. The van der Waals surface area contributed by atoms with Crippen molar-refractivity contribution >= 4 is 23.0 Å². The Hall–Kier alpha value is -3.46. The molecule has 0 fully saturated rings. The Balaban J connectivity index is 1.61. The summed E-state index contributed by atoms with van der Waals surface area (Å²) in [7, 11) is 3.25. The van der Waals surface area contributed by atoms with Crippen LogP contribution in [0.3, 0.4) is 0 Å². The summed E-state index contributed by atoms with van der Waals surface area (Å²) in [6, 6.07) is 9.69. The third-order valence-corrected chi connectivity index (χ3v) is 6.68. The van der Waals surface area contributed by atoms with Gasteiger partial charge in [0, 0.05) is 22.8 Å². The number of aromatic nitrogens is 4. The lowest BCUT2D eigenvalue weighted by Crippen LogP contribution is -2.40. The maximum absolute atomic E-state index is 13.7. The molecule has 0 saturated heterocycles. The summed E-state index contributed by atoms with van der Waals surface area (Å²) in [5.41, 5.74) is 3.89. The molecule has 4 heterocycles. The lowest BCUT2D eigenvalue weighted by Gasteiger charge is -2.36. The molecule has 0 aliphatic carbocycles. The van der Waals surface area contributed by atoms with E-state index < -0.39 is 0 Å². The fourth-order valence-electron chi connectivity index (χ4n) is 4.30. The van der Waals surface area contributed by atoms with E-state index in [2.05, 4.69) is 15.1 Å². The van der Waals surface area contributed by atoms with Gasteiger partial charge in [0.25, 0.3) is 11.7 Å². The van der Waals surface area contributed by atoms with Crippen molar-refractivity contribution in [3.63, 3.8) is 0 Å². The molecule has 32 heavy (non-hydrogen) atoms. The van der Waals surface area contributed by atoms with Crippen molar-refractivity contribution in [2.75, 3.05) is 20.8 Å². The molecule has 4 aromatic rings. The van der Waals surface area contributed by atoms with Gasteiger partial charge in [-0.15, -0.1) is 16.4 Å². The van der Waals surface area contributed by atoms with Crippen molar-refractivity contribution in [1.82, 2.24) is 24.5 Å². The summed E-state index contributed by atoms with van der Waals surface area (Å²) in [4.78, 5) is 25.5. The first-order valence-corrected chi connectivity index (χ1v) is 11.2. The lowest BCUT2D eigenvalue weighted by molar-refractivity contribution is 0.0684. The summed E-state index contributed by atoms with van der Waals surface area (Å²) < 4.78 is 12.7. The number of hydrogen-bond donors (Lipinski definition) is 0. The normalized spacial score (nSPS) is 15.6. The highest BCUT2D eigenvalue weighted by atomic mass is 32.1. The fraction of sp³-hybridized carbons (Fsp3) is 0.304. The van der Waals surface area contributed by atoms with Crippen LogP contribution >= 0.6 is 11.3 Å². The van der Waals surface area contributed by atoms with E-state index >= 15 is 0 Å². The molecule has 1 aliphatic heterocycles. The number of aryl methyl sites for hydroxylation is 2. The van der Waals surface area contributed by atoms with Gasteiger partial charge < -0.3 is 14.4 Å². The Kier molecular flexibility index (Phi) is 5.05. The van der Waals surface area contributed by atoms with Crippen molar-refractivity contribution in [2.45, 2.75) is 26.3 Å². The zero-order valence-corrected chi connectivity index (χ0v) is 19.1. The first-order chi connectivity index (χ1) is 15.5. The van der Waals surface area contributed by atoms with Gasteiger partial charge in [0.15, 0.2) is 11.5 Å². The molecule has 1 aromatic carbocycles. The second-order valence-electron chi connectivity index (χ2n) is 7.76. The molecule has 1 unspecified atom stereocenters. The maximum atomic E-state index is 13.7. The van der Waals surface area contributed by atoms with E-state index in [1.165, 1.54) is 0 Å². The number of nitrogens with zero attached hydrogens (tertiary/aromatic N) is 5. The molecule has 0 N–H and O–H groups in total. The molecule has 9 heteroatoms. The molecule has 1 amide bonds. The van der Waals surface area contributed by atoms with Crippen LogP contribution in [0.2, 0.25) is 0 Å². The van der Waals surface area contributed by atoms with Crippen molar-refractivity contribution < 1.29 is 14.3 Å². The second-order valence-corrected chi connectivity index (χ2v) is 8.74. The molecule has 0 bridgehead atoms. The number of rotatable bonds is 4. The van der Waals surface area contributed by atoms with E-state index in [0.29, 0.717) is 30.2 Å². The highest BCUT2D eigenvalue weighted by molar-refractivity contribution is 7.10. The summed E-state index contributed by atoms with van der Waals surface area (Å²) in [5.74, 6) is 1.70. The molecular weight excluding hydrogens is 426 g/mol. The number of methoxy groups -OCH3 is 2. The minimum atomic E-state index is -0.256. The number of fused-ring (bicyclic) bond motifs is 2. The zero-order chi connectivity index (χ0) is 22.4. The number of ether oxygens (including phenoxy) is 2. The Morgan fingerprint density at radius 2 is 1.91 bits per heavy atom. The highest BCUT2D eigenvalue weighted by Gasteiger charge is 2.36. The Morgan fingerprint density at radius 3 is 2.62 bits per heavy atom. The van der Waals surface area contributed by atoms with Gasteiger partial charge in [-0.05, 0) is 61.0 Å². The zero-order valence-electron chi connectivity index (χ0n) is 18.3. The Morgan fingerprint density at radius 1 is 1.12 bits per heavy atom. The summed E-state index contributed by atoms with van der Waals surface area (Å²) >= 11 is 1.62. The highest BCUT2D eigenvalue weighted by Crippen LogP contribution is 2.42. The largest absolute Gasteiger partial charge is 0.493 e. The second kappa shape index (κ2) is 7.90. The molecule has 8 nitrogen and oxygen atoms in total. The standard InChI is InChI=1S/C23H23N5O3S/c1-13-10-14(2)28-23(24-13)25-21(26-28)22(29)27-8-7-15-11-17(30-3)18(31-4)12-16(15)20(27)19-6-5-9-32-19/h5-6,9-12,20H,7-8H2,1-4H3. The smallest absolute Gasteiger partial charge is 0.294 e. The van der Waals surface area contributed by atoms with Gasteiger partial charge in [0.1, 0.15) is 0 Å². The quantitative estimate of drug-likeness (QED) is 0.473. The van der Waals surface area contributed by atoms with Gasteiger partial charge in [-0.3, -0.25) is 4.79 Å². The van der Waals surface area contributed by atoms with Crippen LogP contribution in [0.15, 0.2) is 35.7 Å². The minimum absolute atomic E-state index is 0.150. The first kappa shape index (κ1) is 20.4. The summed E-state index contributed by atoms with van der Waals surface area (Å²) in [6.45, 7) is 4.37. The van der Waals surface area contributed by atoms with Gasteiger partial charge in [-0.25, -0.2) is 9.50 Å².